The summed E-state index contributed by atoms with van der Waals surface area (Å²) in [5.74, 6) is 0.199. The van der Waals surface area contributed by atoms with Crippen LogP contribution in [0.1, 0.15) is 32.4 Å². The van der Waals surface area contributed by atoms with Gasteiger partial charge in [-0.2, -0.15) is 0 Å². The summed E-state index contributed by atoms with van der Waals surface area (Å²) in [6.45, 7) is 4.13. The Morgan fingerprint density at radius 2 is 2.00 bits per heavy atom. The first-order valence-electron chi connectivity index (χ1n) is 8.90. The fourth-order valence-corrected chi connectivity index (χ4v) is 3.05. The fourth-order valence-electron chi connectivity index (χ4n) is 3.05. The van der Waals surface area contributed by atoms with E-state index in [-0.39, 0.29) is 24.8 Å². The van der Waals surface area contributed by atoms with Crippen LogP contribution in [0.25, 0.3) is 0 Å². The zero-order chi connectivity index (χ0) is 19.4. The highest BCUT2D eigenvalue weighted by molar-refractivity contribution is 6.23. The van der Waals surface area contributed by atoms with Crippen molar-refractivity contribution in [2.45, 2.75) is 39.3 Å². The molecule has 142 valence electrons. The second kappa shape index (κ2) is 8.07. The van der Waals surface area contributed by atoms with E-state index in [0.29, 0.717) is 23.8 Å². The molecule has 7 heteroatoms. The number of carbonyl (C=O) groups excluding carboxylic acids is 3. The van der Waals surface area contributed by atoms with Crippen LogP contribution < -0.4 is 9.64 Å². The van der Waals surface area contributed by atoms with E-state index in [0.717, 1.165) is 11.3 Å². The van der Waals surface area contributed by atoms with Crippen molar-refractivity contribution < 1.29 is 23.5 Å². The molecule has 2 aromatic rings. The normalized spacial score (nSPS) is 16.7. The van der Waals surface area contributed by atoms with Crippen LogP contribution in [-0.4, -0.2) is 35.3 Å². The standard InChI is InChI=1S/C20H22N2O5/c1-3-10-26-16-8-6-15(7-9-16)22-19(24)12-18(20(22)25)21(14(2)23)13-17-5-4-11-27-17/h4-9,11,18H,3,10,12-13H2,1-2H3/t18-/m1/s1. The lowest BCUT2D eigenvalue weighted by Crippen LogP contribution is -2.44. The van der Waals surface area contributed by atoms with Gasteiger partial charge in [-0.05, 0) is 42.8 Å². The predicted molar refractivity (Wildman–Crippen MR) is 98.1 cm³/mol. The number of ether oxygens (including phenoxy) is 1. The first-order valence-corrected chi connectivity index (χ1v) is 8.90. The van der Waals surface area contributed by atoms with Gasteiger partial charge in [-0.3, -0.25) is 14.4 Å². The van der Waals surface area contributed by atoms with Gasteiger partial charge in [0.15, 0.2) is 0 Å². The van der Waals surface area contributed by atoms with Crippen LogP contribution in [0.4, 0.5) is 5.69 Å². The van der Waals surface area contributed by atoms with Crippen molar-refractivity contribution in [2.75, 3.05) is 11.5 Å². The van der Waals surface area contributed by atoms with Crippen LogP contribution in [0.3, 0.4) is 0 Å². The van der Waals surface area contributed by atoms with Crippen molar-refractivity contribution in [3.05, 3.63) is 48.4 Å². The zero-order valence-electron chi connectivity index (χ0n) is 15.4. The molecule has 0 spiro atoms. The Morgan fingerprint density at radius 1 is 1.26 bits per heavy atom. The molecule has 1 aromatic heterocycles. The molecule has 1 aliphatic rings. The molecule has 0 saturated carbocycles. The second-order valence-electron chi connectivity index (χ2n) is 6.36. The predicted octanol–water partition coefficient (Wildman–Crippen LogP) is 2.75. The molecule has 27 heavy (non-hydrogen) atoms. The monoisotopic (exact) mass is 370 g/mol. The Morgan fingerprint density at radius 3 is 2.59 bits per heavy atom. The van der Waals surface area contributed by atoms with Crippen LogP contribution in [0, 0.1) is 0 Å². The summed E-state index contributed by atoms with van der Waals surface area (Å²) in [6.07, 6.45) is 2.35. The third kappa shape index (κ3) is 4.02. The van der Waals surface area contributed by atoms with Crippen LogP contribution in [0.15, 0.2) is 47.1 Å². The molecule has 0 N–H and O–H groups in total. The maximum Gasteiger partial charge on any atom is 0.257 e. The maximum atomic E-state index is 12.9. The number of hydrogen-bond acceptors (Lipinski definition) is 5. The Balaban J connectivity index is 1.78. The summed E-state index contributed by atoms with van der Waals surface area (Å²) in [5, 5.41) is 0. The van der Waals surface area contributed by atoms with E-state index in [1.165, 1.54) is 18.1 Å². The molecular weight excluding hydrogens is 348 g/mol. The van der Waals surface area contributed by atoms with Gasteiger partial charge < -0.3 is 14.1 Å². The van der Waals surface area contributed by atoms with Crippen molar-refractivity contribution in [1.82, 2.24) is 4.90 Å². The molecule has 3 rings (SSSR count). The van der Waals surface area contributed by atoms with Crippen LogP contribution in [0.2, 0.25) is 0 Å². The average molecular weight is 370 g/mol. The first kappa shape index (κ1) is 18.7. The minimum absolute atomic E-state index is 0.0484. The molecule has 1 atom stereocenters. The van der Waals surface area contributed by atoms with E-state index >= 15 is 0 Å². The van der Waals surface area contributed by atoms with E-state index in [2.05, 4.69) is 0 Å². The van der Waals surface area contributed by atoms with E-state index in [9.17, 15) is 14.4 Å². The van der Waals surface area contributed by atoms with Gasteiger partial charge in [-0.1, -0.05) is 6.92 Å². The van der Waals surface area contributed by atoms with Crippen molar-refractivity contribution in [1.29, 1.82) is 0 Å². The smallest absolute Gasteiger partial charge is 0.257 e. The molecule has 1 aromatic carbocycles. The van der Waals surface area contributed by atoms with Crippen LogP contribution in [-0.2, 0) is 20.9 Å². The van der Waals surface area contributed by atoms with Gasteiger partial charge in [0.25, 0.3) is 5.91 Å². The Bertz CT molecular complexity index is 813. The number of carbonyl (C=O) groups is 3. The van der Waals surface area contributed by atoms with E-state index < -0.39 is 11.9 Å². The largest absolute Gasteiger partial charge is 0.494 e. The Hall–Kier alpha value is -3.09. The molecule has 0 unspecified atom stereocenters. The van der Waals surface area contributed by atoms with Crippen molar-refractivity contribution in [3.63, 3.8) is 0 Å². The van der Waals surface area contributed by atoms with E-state index in [1.54, 1.807) is 36.4 Å². The Kier molecular flexibility index (Phi) is 5.59. The number of hydrogen-bond donors (Lipinski definition) is 0. The summed E-state index contributed by atoms with van der Waals surface area (Å²) < 4.78 is 10.8. The maximum absolute atomic E-state index is 12.9. The molecule has 1 saturated heterocycles. The number of imide groups is 1. The topological polar surface area (TPSA) is 80.1 Å². The van der Waals surface area contributed by atoms with E-state index in [4.69, 9.17) is 9.15 Å². The molecule has 0 aliphatic carbocycles. The molecule has 7 nitrogen and oxygen atoms in total. The van der Waals surface area contributed by atoms with Gasteiger partial charge in [-0.15, -0.1) is 0 Å². The highest BCUT2D eigenvalue weighted by atomic mass is 16.5. The number of benzene rings is 1. The zero-order valence-corrected chi connectivity index (χ0v) is 15.4. The summed E-state index contributed by atoms with van der Waals surface area (Å²) >= 11 is 0. The van der Waals surface area contributed by atoms with Crippen molar-refractivity contribution >= 4 is 23.4 Å². The highest BCUT2D eigenvalue weighted by Gasteiger charge is 2.43. The molecule has 1 aliphatic heterocycles. The van der Waals surface area contributed by atoms with Crippen LogP contribution in [0.5, 0.6) is 5.75 Å². The molecule has 0 bridgehead atoms. The molecule has 3 amide bonds. The molecular formula is C20H22N2O5. The number of furan rings is 1. The van der Waals surface area contributed by atoms with Gasteiger partial charge >= 0.3 is 0 Å². The minimum atomic E-state index is -0.837. The van der Waals surface area contributed by atoms with Crippen molar-refractivity contribution in [3.8, 4) is 5.75 Å². The van der Waals surface area contributed by atoms with Crippen molar-refractivity contribution in [2.24, 2.45) is 0 Å². The second-order valence-corrected chi connectivity index (χ2v) is 6.36. The third-order valence-corrected chi connectivity index (χ3v) is 4.38. The van der Waals surface area contributed by atoms with Gasteiger partial charge in [0, 0.05) is 6.92 Å². The van der Waals surface area contributed by atoms with Gasteiger partial charge in [-0.25, -0.2) is 4.90 Å². The SMILES string of the molecule is CCCOc1ccc(N2C(=O)C[C@@H](N(Cc3ccco3)C(C)=O)C2=O)cc1. The quantitative estimate of drug-likeness (QED) is 0.700. The summed E-state index contributed by atoms with van der Waals surface area (Å²) in [5.41, 5.74) is 0.470. The molecule has 0 radical (unpaired) electrons. The van der Waals surface area contributed by atoms with E-state index in [1.807, 2.05) is 6.92 Å². The fraction of sp³-hybridized carbons (Fsp3) is 0.350. The third-order valence-electron chi connectivity index (χ3n) is 4.38. The first-order chi connectivity index (χ1) is 13.0. The van der Waals surface area contributed by atoms with Gasteiger partial charge in [0.1, 0.15) is 17.6 Å². The van der Waals surface area contributed by atoms with Gasteiger partial charge in [0.2, 0.25) is 11.8 Å². The Labute approximate surface area is 157 Å². The molecule has 1 fully saturated rings. The summed E-state index contributed by atoms with van der Waals surface area (Å²) in [7, 11) is 0. The lowest BCUT2D eigenvalue weighted by atomic mass is 10.2. The average Bonchev–Trinajstić information content (AvgIpc) is 3.26. The minimum Gasteiger partial charge on any atom is -0.494 e. The number of amides is 3. The summed E-state index contributed by atoms with van der Waals surface area (Å²) in [4.78, 5) is 40.0. The number of rotatable bonds is 7. The molecule has 2 heterocycles. The number of nitrogens with zero attached hydrogens (tertiary/aromatic N) is 2. The van der Waals surface area contributed by atoms with Gasteiger partial charge in [0.05, 0.1) is 31.5 Å². The van der Waals surface area contributed by atoms with Crippen LogP contribution >= 0.6 is 0 Å². The highest BCUT2D eigenvalue weighted by Crippen LogP contribution is 2.28. The lowest BCUT2D eigenvalue weighted by Gasteiger charge is -2.25. The summed E-state index contributed by atoms with van der Waals surface area (Å²) in [6, 6.07) is 9.40. The number of anilines is 1. The lowest BCUT2D eigenvalue weighted by molar-refractivity contribution is -0.137.